The van der Waals surface area contributed by atoms with Gasteiger partial charge in [-0.1, -0.05) is 11.6 Å². The lowest BCUT2D eigenvalue weighted by molar-refractivity contribution is -0.0528. The lowest BCUT2D eigenvalue weighted by Crippen LogP contribution is -2.04. The summed E-state index contributed by atoms with van der Waals surface area (Å²) in [4.78, 5) is 3.54. The summed E-state index contributed by atoms with van der Waals surface area (Å²) in [6.45, 7) is -2.93. The zero-order valence-corrected chi connectivity index (χ0v) is 7.63. The van der Waals surface area contributed by atoms with E-state index >= 15 is 0 Å². The summed E-state index contributed by atoms with van der Waals surface area (Å²) in [7, 11) is 0. The van der Waals surface area contributed by atoms with Gasteiger partial charge in [-0.25, -0.2) is 4.98 Å². The van der Waals surface area contributed by atoms with Crippen molar-refractivity contribution in [3.63, 3.8) is 0 Å². The molecule has 1 aromatic rings. The van der Waals surface area contributed by atoms with Crippen LogP contribution in [0.1, 0.15) is 5.56 Å². The van der Waals surface area contributed by atoms with E-state index in [0.717, 1.165) is 0 Å². The Morgan fingerprint density at radius 1 is 1.57 bits per heavy atom. The second kappa shape index (κ2) is 4.72. The fraction of sp³-hybridized carbons (Fsp3) is 0.250. The van der Waals surface area contributed by atoms with E-state index in [-0.39, 0.29) is 17.5 Å². The third-order valence-electron chi connectivity index (χ3n) is 1.38. The van der Waals surface area contributed by atoms with E-state index in [1.165, 1.54) is 12.1 Å². The maximum atomic E-state index is 11.7. The molecule has 0 aliphatic heterocycles. The third-order valence-corrected chi connectivity index (χ3v) is 1.71. The summed E-state index contributed by atoms with van der Waals surface area (Å²) >= 11 is 5.60. The second-order valence-corrected chi connectivity index (χ2v) is 2.67. The van der Waals surface area contributed by atoms with Crippen molar-refractivity contribution in [2.45, 2.75) is 13.0 Å². The molecule has 0 atom stereocenters. The van der Waals surface area contributed by atoms with E-state index in [1.54, 1.807) is 0 Å². The molecular formula is C8H5ClF2N2O. The van der Waals surface area contributed by atoms with E-state index in [9.17, 15) is 8.78 Å². The standard InChI is InChI=1S/C8H5ClF2N2O/c9-7-5(3-4-12)1-2-6(13-7)14-8(10)11/h1-2,8H,3H2. The molecule has 0 amide bonds. The summed E-state index contributed by atoms with van der Waals surface area (Å²) in [5, 5.41) is 8.38. The van der Waals surface area contributed by atoms with E-state index in [2.05, 4.69) is 9.72 Å². The normalized spacial score (nSPS) is 9.93. The molecular weight excluding hydrogens is 214 g/mol. The molecule has 1 aromatic heterocycles. The molecule has 1 rings (SSSR count). The number of hydrogen-bond donors (Lipinski definition) is 0. The number of pyridine rings is 1. The minimum atomic E-state index is -2.93. The number of rotatable bonds is 3. The molecule has 0 N–H and O–H groups in total. The molecule has 0 bridgehead atoms. The van der Waals surface area contributed by atoms with Crippen LogP contribution in [0.3, 0.4) is 0 Å². The first-order valence-electron chi connectivity index (χ1n) is 3.60. The first-order valence-corrected chi connectivity index (χ1v) is 3.98. The van der Waals surface area contributed by atoms with Crippen LogP contribution < -0.4 is 4.74 Å². The van der Waals surface area contributed by atoms with Gasteiger partial charge in [-0.2, -0.15) is 14.0 Å². The highest BCUT2D eigenvalue weighted by Gasteiger charge is 2.08. The van der Waals surface area contributed by atoms with Crippen LogP contribution in [-0.2, 0) is 6.42 Å². The van der Waals surface area contributed by atoms with Crippen LogP contribution in [0.25, 0.3) is 0 Å². The second-order valence-electron chi connectivity index (χ2n) is 2.31. The summed E-state index contributed by atoms with van der Waals surface area (Å²) in [6, 6.07) is 4.54. The smallest absolute Gasteiger partial charge is 0.388 e. The van der Waals surface area contributed by atoms with Crippen molar-refractivity contribution in [3.8, 4) is 11.9 Å². The van der Waals surface area contributed by atoms with E-state index < -0.39 is 6.61 Å². The lowest BCUT2D eigenvalue weighted by atomic mass is 10.2. The average Bonchev–Trinajstić information content (AvgIpc) is 2.09. The fourth-order valence-electron chi connectivity index (χ4n) is 0.820. The SMILES string of the molecule is N#CCc1ccc(OC(F)F)nc1Cl. The molecule has 0 saturated heterocycles. The van der Waals surface area contributed by atoms with Crippen LogP contribution in [-0.4, -0.2) is 11.6 Å². The molecule has 3 nitrogen and oxygen atoms in total. The average molecular weight is 219 g/mol. The topological polar surface area (TPSA) is 45.9 Å². The number of nitrogens with zero attached hydrogens (tertiary/aromatic N) is 2. The molecule has 0 aromatic carbocycles. The molecule has 74 valence electrons. The van der Waals surface area contributed by atoms with Gasteiger partial charge in [-0.3, -0.25) is 0 Å². The van der Waals surface area contributed by atoms with Crippen LogP contribution >= 0.6 is 11.6 Å². The Morgan fingerprint density at radius 2 is 2.29 bits per heavy atom. The first kappa shape index (κ1) is 10.7. The molecule has 14 heavy (non-hydrogen) atoms. The van der Waals surface area contributed by atoms with Gasteiger partial charge in [0.25, 0.3) is 0 Å². The Bertz CT molecular complexity index is 365. The van der Waals surface area contributed by atoms with Crippen molar-refractivity contribution in [3.05, 3.63) is 22.8 Å². The van der Waals surface area contributed by atoms with E-state index in [4.69, 9.17) is 16.9 Å². The Morgan fingerprint density at radius 3 is 2.79 bits per heavy atom. The van der Waals surface area contributed by atoms with E-state index in [1.807, 2.05) is 6.07 Å². The predicted octanol–water partition coefficient (Wildman–Crippen LogP) is 2.40. The van der Waals surface area contributed by atoms with Gasteiger partial charge in [0.1, 0.15) is 5.15 Å². The number of hydrogen-bond acceptors (Lipinski definition) is 3. The van der Waals surface area contributed by atoms with Gasteiger partial charge in [-0.05, 0) is 6.07 Å². The Balaban J connectivity index is 2.84. The highest BCUT2D eigenvalue weighted by Crippen LogP contribution is 2.19. The van der Waals surface area contributed by atoms with Gasteiger partial charge < -0.3 is 4.74 Å². The van der Waals surface area contributed by atoms with Crippen molar-refractivity contribution in [2.24, 2.45) is 0 Å². The monoisotopic (exact) mass is 218 g/mol. The fourth-order valence-corrected chi connectivity index (χ4v) is 1.03. The first-order chi connectivity index (χ1) is 6.63. The maximum Gasteiger partial charge on any atom is 0.388 e. The van der Waals surface area contributed by atoms with Crippen molar-refractivity contribution in [2.75, 3.05) is 0 Å². The van der Waals surface area contributed by atoms with Crippen LogP contribution in [0.4, 0.5) is 8.78 Å². The number of alkyl halides is 2. The minimum absolute atomic E-state index is 0.00435. The maximum absolute atomic E-state index is 11.7. The molecule has 0 aliphatic carbocycles. The molecule has 0 saturated carbocycles. The van der Waals surface area contributed by atoms with Crippen LogP contribution in [0.15, 0.2) is 12.1 Å². The van der Waals surface area contributed by atoms with Crippen molar-refractivity contribution >= 4 is 11.6 Å². The van der Waals surface area contributed by atoms with Gasteiger partial charge >= 0.3 is 6.61 Å². The zero-order chi connectivity index (χ0) is 10.6. The van der Waals surface area contributed by atoms with Crippen LogP contribution in [0, 0.1) is 11.3 Å². The summed E-state index contributed by atoms with van der Waals surface area (Å²) in [5.41, 5.74) is 0.482. The molecule has 0 spiro atoms. The molecule has 0 fully saturated rings. The zero-order valence-electron chi connectivity index (χ0n) is 6.88. The molecule has 0 radical (unpaired) electrons. The molecule has 6 heteroatoms. The highest BCUT2D eigenvalue weighted by atomic mass is 35.5. The number of ether oxygens (including phenoxy) is 1. The van der Waals surface area contributed by atoms with Gasteiger partial charge in [0, 0.05) is 11.6 Å². The Labute approximate surface area is 83.9 Å². The van der Waals surface area contributed by atoms with Gasteiger partial charge in [-0.15, -0.1) is 0 Å². The lowest BCUT2D eigenvalue weighted by Gasteiger charge is -2.04. The summed E-state index contributed by atoms with van der Waals surface area (Å²) < 4.78 is 27.5. The van der Waals surface area contributed by atoms with Gasteiger partial charge in [0.2, 0.25) is 5.88 Å². The summed E-state index contributed by atoms with van der Waals surface area (Å²) in [5.74, 6) is -0.258. The number of aromatic nitrogens is 1. The molecule has 0 aliphatic rings. The molecule has 1 heterocycles. The van der Waals surface area contributed by atoms with Crippen LogP contribution in [0.2, 0.25) is 5.15 Å². The Hall–Kier alpha value is -1.41. The van der Waals surface area contributed by atoms with Crippen molar-refractivity contribution in [1.82, 2.24) is 4.98 Å². The van der Waals surface area contributed by atoms with E-state index in [0.29, 0.717) is 5.56 Å². The van der Waals surface area contributed by atoms with Crippen molar-refractivity contribution in [1.29, 1.82) is 5.26 Å². The largest absolute Gasteiger partial charge is 0.417 e. The van der Waals surface area contributed by atoms with Crippen LogP contribution in [0.5, 0.6) is 5.88 Å². The highest BCUT2D eigenvalue weighted by molar-refractivity contribution is 6.30. The van der Waals surface area contributed by atoms with Gasteiger partial charge in [0.05, 0.1) is 12.5 Å². The number of halogens is 3. The number of nitriles is 1. The van der Waals surface area contributed by atoms with Gasteiger partial charge in [0.15, 0.2) is 0 Å². The van der Waals surface area contributed by atoms with Crippen molar-refractivity contribution < 1.29 is 13.5 Å². The summed E-state index contributed by atoms with van der Waals surface area (Å²) in [6.07, 6.45) is 0.0841. The third kappa shape index (κ3) is 2.82. The molecule has 0 unspecified atom stereocenters. The quantitative estimate of drug-likeness (QED) is 0.732. The minimum Gasteiger partial charge on any atom is -0.417 e. The Kier molecular flexibility index (Phi) is 3.60. The predicted molar refractivity (Wildman–Crippen MR) is 45.2 cm³/mol.